The van der Waals surface area contributed by atoms with Crippen LogP contribution in [0.5, 0.6) is 0 Å². The number of aliphatic carboxylic acids is 1. The first-order valence-electron chi connectivity index (χ1n) is 7.65. The third kappa shape index (κ3) is 16.4. The van der Waals surface area contributed by atoms with Crippen molar-refractivity contribution in [2.45, 2.75) is 58.3 Å². The molecule has 0 aromatic rings. The fourth-order valence-corrected chi connectivity index (χ4v) is 1.72. The summed E-state index contributed by atoms with van der Waals surface area (Å²) in [5.74, 6) is -0.917. The van der Waals surface area contributed by atoms with E-state index in [1.807, 2.05) is 12.2 Å². The Balaban J connectivity index is 3.38. The topological polar surface area (TPSA) is 37.3 Å². The zero-order chi connectivity index (χ0) is 14.9. The van der Waals surface area contributed by atoms with Crippen LogP contribution in [-0.4, -0.2) is 11.1 Å². The molecular weight excluding hydrogens is 248 g/mol. The summed E-state index contributed by atoms with van der Waals surface area (Å²) in [6, 6.07) is 0. The molecule has 2 heteroatoms. The quantitative estimate of drug-likeness (QED) is 0.223. The van der Waals surface area contributed by atoms with Crippen LogP contribution in [0.2, 0.25) is 0 Å². The largest absolute Gasteiger partial charge is 0.478 e. The summed E-state index contributed by atoms with van der Waals surface area (Å²) in [6.45, 7) is 2.24. The van der Waals surface area contributed by atoms with Crippen LogP contribution in [0.25, 0.3) is 0 Å². The van der Waals surface area contributed by atoms with Crippen LogP contribution >= 0.6 is 0 Å². The molecule has 0 aromatic carbocycles. The van der Waals surface area contributed by atoms with Gasteiger partial charge in [0.2, 0.25) is 0 Å². The maximum absolute atomic E-state index is 10.2. The van der Waals surface area contributed by atoms with Crippen molar-refractivity contribution in [1.29, 1.82) is 0 Å². The van der Waals surface area contributed by atoms with Gasteiger partial charge in [0, 0.05) is 6.08 Å². The molecule has 0 rings (SSSR count). The maximum Gasteiger partial charge on any atom is 0.328 e. The first-order valence-corrected chi connectivity index (χ1v) is 7.65. The van der Waals surface area contributed by atoms with Gasteiger partial charge in [0.05, 0.1) is 0 Å². The minimum atomic E-state index is -0.917. The molecule has 0 radical (unpaired) electrons. The van der Waals surface area contributed by atoms with Gasteiger partial charge in [-0.1, -0.05) is 68.7 Å². The van der Waals surface area contributed by atoms with E-state index in [0.717, 1.165) is 18.9 Å². The van der Waals surface area contributed by atoms with Crippen molar-refractivity contribution < 1.29 is 9.90 Å². The van der Waals surface area contributed by atoms with Crippen molar-refractivity contribution in [3.63, 3.8) is 0 Å². The molecule has 0 fully saturated rings. The molecule has 112 valence electrons. The highest BCUT2D eigenvalue weighted by atomic mass is 16.4. The van der Waals surface area contributed by atoms with Crippen molar-refractivity contribution >= 4 is 5.97 Å². The smallest absolute Gasteiger partial charge is 0.328 e. The second kappa shape index (κ2) is 15.5. The summed E-state index contributed by atoms with van der Waals surface area (Å²) < 4.78 is 0. The molecule has 2 nitrogen and oxygen atoms in total. The van der Waals surface area contributed by atoms with Gasteiger partial charge >= 0.3 is 5.97 Å². The van der Waals surface area contributed by atoms with Crippen LogP contribution in [-0.2, 0) is 4.79 Å². The van der Waals surface area contributed by atoms with E-state index in [0.29, 0.717) is 0 Å². The van der Waals surface area contributed by atoms with Crippen LogP contribution in [0.3, 0.4) is 0 Å². The number of carboxylic acids is 1. The molecule has 0 heterocycles. The SMILES string of the molecule is CCCCCCC=CCCCC=CC=CC=CC(=O)O. The summed E-state index contributed by atoms with van der Waals surface area (Å²) >= 11 is 0. The second-order valence-electron chi connectivity index (χ2n) is 4.76. The Bertz CT molecular complexity index is 335. The number of carboxylic acid groups (broad SMARTS) is 1. The monoisotopic (exact) mass is 276 g/mol. The van der Waals surface area contributed by atoms with E-state index in [9.17, 15) is 4.79 Å². The first-order chi connectivity index (χ1) is 9.77. The Labute approximate surface area is 123 Å². The highest BCUT2D eigenvalue weighted by Gasteiger charge is 1.84. The van der Waals surface area contributed by atoms with E-state index in [1.54, 1.807) is 6.08 Å². The first kappa shape index (κ1) is 18.4. The molecule has 0 aliphatic rings. The fraction of sp³-hybridized carbons (Fsp3) is 0.500. The molecule has 0 bridgehead atoms. The van der Waals surface area contributed by atoms with E-state index in [1.165, 1.54) is 44.6 Å². The third-order valence-electron chi connectivity index (χ3n) is 2.84. The minimum absolute atomic E-state index is 0.917. The van der Waals surface area contributed by atoms with Gasteiger partial charge in [-0.3, -0.25) is 0 Å². The number of unbranched alkanes of at least 4 members (excludes halogenated alkanes) is 6. The zero-order valence-electron chi connectivity index (χ0n) is 12.6. The number of allylic oxidation sites excluding steroid dienone is 7. The van der Waals surface area contributed by atoms with E-state index in [-0.39, 0.29) is 0 Å². The van der Waals surface area contributed by atoms with E-state index in [2.05, 4.69) is 25.2 Å². The maximum atomic E-state index is 10.2. The fourth-order valence-electron chi connectivity index (χ4n) is 1.72. The van der Waals surface area contributed by atoms with Gasteiger partial charge in [-0.15, -0.1) is 0 Å². The summed E-state index contributed by atoms with van der Waals surface area (Å²) in [6.07, 6.45) is 24.8. The lowest BCUT2D eigenvalue weighted by molar-refractivity contribution is -0.131. The molecule has 0 saturated heterocycles. The van der Waals surface area contributed by atoms with Crippen molar-refractivity contribution in [2.75, 3.05) is 0 Å². The molecule has 0 spiro atoms. The van der Waals surface area contributed by atoms with Crippen molar-refractivity contribution in [1.82, 2.24) is 0 Å². The normalized spacial score (nSPS) is 12.4. The number of carbonyl (C=O) groups is 1. The average molecular weight is 276 g/mol. The Morgan fingerprint density at radius 3 is 2.15 bits per heavy atom. The summed E-state index contributed by atoms with van der Waals surface area (Å²) in [4.78, 5) is 10.2. The molecule has 0 aromatic heterocycles. The van der Waals surface area contributed by atoms with E-state index >= 15 is 0 Å². The average Bonchev–Trinajstić information content (AvgIpc) is 2.43. The van der Waals surface area contributed by atoms with E-state index < -0.39 is 5.97 Å². The minimum Gasteiger partial charge on any atom is -0.478 e. The summed E-state index contributed by atoms with van der Waals surface area (Å²) in [5, 5.41) is 8.37. The van der Waals surface area contributed by atoms with Crippen LogP contribution in [0.15, 0.2) is 48.6 Å². The number of hydrogen-bond donors (Lipinski definition) is 1. The van der Waals surface area contributed by atoms with Crippen molar-refractivity contribution in [3.05, 3.63) is 48.6 Å². The van der Waals surface area contributed by atoms with Gasteiger partial charge in [0.25, 0.3) is 0 Å². The highest BCUT2D eigenvalue weighted by molar-refractivity contribution is 5.80. The van der Waals surface area contributed by atoms with Crippen LogP contribution < -0.4 is 0 Å². The molecule has 0 atom stereocenters. The Morgan fingerprint density at radius 2 is 1.45 bits per heavy atom. The summed E-state index contributed by atoms with van der Waals surface area (Å²) in [7, 11) is 0. The molecule has 20 heavy (non-hydrogen) atoms. The predicted octanol–water partition coefficient (Wildman–Crippen LogP) is 5.44. The number of rotatable bonds is 12. The standard InChI is InChI=1S/C18H28O2/c1-2-3-4-5-6-7-8-9-10-11-12-13-14-15-16-17-18(19)20/h7-8,12-17H,2-6,9-11H2,1H3,(H,19,20). The summed E-state index contributed by atoms with van der Waals surface area (Å²) in [5.41, 5.74) is 0. The molecule has 0 aliphatic carbocycles. The lowest BCUT2D eigenvalue weighted by Gasteiger charge is -1.94. The lowest BCUT2D eigenvalue weighted by atomic mass is 10.1. The Hall–Kier alpha value is -1.57. The van der Waals surface area contributed by atoms with Crippen LogP contribution in [0.4, 0.5) is 0 Å². The molecule has 1 N–H and O–H groups in total. The van der Waals surface area contributed by atoms with Crippen LogP contribution in [0.1, 0.15) is 58.3 Å². The number of hydrogen-bond acceptors (Lipinski definition) is 1. The van der Waals surface area contributed by atoms with Gasteiger partial charge in [0.15, 0.2) is 0 Å². The van der Waals surface area contributed by atoms with Crippen molar-refractivity contribution in [3.8, 4) is 0 Å². The van der Waals surface area contributed by atoms with E-state index in [4.69, 9.17) is 5.11 Å². The Kier molecular flexibility index (Phi) is 14.3. The lowest BCUT2D eigenvalue weighted by Crippen LogP contribution is -1.84. The molecule has 0 aliphatic heterocycles. The molecular formula is C18H28O2. The zero-order valence-corrected chi connectivity index (χ0v) is 12.6. The van der Waals surface area contributed by atoms with Gasteiger partial charge in [-0.05, 0) is 32.1 Å². The van der Waals surface area contributed by atoms with Gasteiger partial charge in [0.1, 0.15) is 0 Å². The third-order valence-corrected chi connectivity index (χ3v) is 2.84. The molecule has 0 saturated carbocycles. The van der Waals surface area contributed by atoms with Gasteiger partial charge in [-0.25, -0.2) is 4.79 Å². The highest BCUT2D eigenvalue weighted by Crippen LogP contribution is 2.04. The predicted molar refractivity (Wildman–Crippen MR) is 86.8 cm³/mol. The van der Waals surface area contributed by atoms with Crippen molar-refractivity contribution in [2.24, 2.45) is 0 Å². The second-order valence-corrected chi connectivity index (χ2v) is 4.76. The Morgan fingerprint density at radius 1 is 0.800 bits per heavy atom. The molecule has 0 unspecified atom stereocenters. The van der Waals surface area contributed by atoms with Gasteiger partial charge < -0.3 is 5.11 Å². The molecule has 0 amide bonds. The van der Waals surface area contributed by atoms with Gasteiger partial charge in [-0.2, -0.15) is 0 Å². The van der Waals surface area contributed by atoms with Crippen LogP contribution in [0, 0.1) is 0 Å².